The molecule has 28 heavy (non-hydrogen) atoms. The Hall–Kier alpha value is -2.94. The molecule has 0 spiro atoms. The summed E-state index contributed by atoms with van der Waals surface area (Å²) >= 11 is 11.7. The molecule has 0 unspecified atom stereocenters. The number of benzene rings is 3. The SMILES string of the molecule is O=C(/C=C/c1ccc(/C=C/C(=O)c2ccc(Cl)cc2)cc1)c1ccc(Cl)cc1. The quantitative estimate of drug-likeness (QED) is 0.333. The molecular formula is C24H16Cl2O2. The molecule has 3 aromatic rings. The summed E-state index contributed by atoms with van der Waals surface area (Å²) in [6.07, 6.45) is 6.56. The molecule has 0 bridgehead atoms. The third-order valence-corrected chi connectivity index (χ3v) is 4.55. The Morgan fingerprint density at radius 3 is 1.18 bits per heavy atom. The number of hydrogen-bond donors (Lipinski definition) is 0. The summed E-state index contributed by atoms with van der Waals surface area (Å²) in [5.74, 6) is -0.177. The minimum absolute atomic E-state index is 0.0887. The minimum Gasteiger partial charge on any atom is -0.289 e. The standard InChI is InChI=1S/C24H16Cl2O2/c25-21-11-7-19(8-12-21)23(27)15-5-17-1-2-18(4-3-17)6-16-24(28)20-9-13-22(26)14-10-20/h1-16H/b15-5+,16-6+. The van der Waals surface area contributed by atoms with Crippen LogP contribution in [0.1, 0.15) is 31.8 Å². The fourth-order valence-corrected chi connectivity index (χ4v) is 2.73. The lowest BCUT2D eigenvalue weighted by atomic mass is 10.1. The van der Waals surface area contributed by atoms with Crippen LogP contribution in [0.5, 0.6) is 0 Å². The van der Waals surface area contributed by atoms with E-state index in [-0.39, 0.29) is 11.6 Å². The molecule has 0 aliphatic heterocycles. The highest BCUT2D eigenvalue weighted by molar-refractivity contribution is 6.31. The van der Waals surface area contributed by atoms with E-state index in [0.717, 1.165) is 11.1 Å². The normalized spacial score (nSPS) is 11.2. The first-order valence-electron chi connectivity index (χ1n) is 8.57. The van der Waals surface area contributed by atoms with E-state index >= 15 is 0 Å². The first kappa shape index (κ1) is 19.8. The highest BCUT2D eigenvalue weighted by atomic mass is 35.5. The predicted molar refractivity (Wildman–Crippen MR) is 116 cm³/mol. The molecule has 4 heteroatoms. The summed E-state index contributed by atoms with van der Waals surface area (Å²) in [5.41, 5.74) is 2.95. The van der Waals surface area contributed by atoms with Gasteiger partial charge in [-0.3, -0.25) is 9.59 Å². The lowest BCUT2D eigenvalue weighted by molar-refractivity contribution is 0.103. The molecule has 0 aliphatic carbocycles. The molecule has 0 radical (unpaired) electrons. The summed E-state index contributed by atoms with van der Waals surface area (Å²) in [7, 11) is 0. The van der Waals surface area contributed by atoms with Crippen molar-refractivity contribution in [3.8, 4) is 0 Å². The third-order valence-electron chi connectivity index (χ3n) is 4.05. The maximum absolute atomic E-state index is 12.1. The van der Waals surface area contributed by atoms with E-state index in [1.165, 1.54) is 12.2 Å². The molecule has 3 aromatic carbocycles. The smallest absolute Gasteiger partial charge is 0.185 e. The van der Waals surface area contributed by atoms with Crippen LogP contribution < -0.4 is 0 Å². The lowest BCUT2D eigenvalue weighted by Gasteiger charge is -1.98. The minimum atomic E-state index is -0.0887. The van der Waals surface area contributed by atoms with Gasteiger partial charge in [0, 0.05) is 21.2 Å². The molecule has 0 aliphatic rings. The van der Waals surface area contributed by atoms with Crippen LogP contribution in [0.25, 0.3) is 12.2 Å². The van der Waals surface area contributed by atoms with Gasteiger partial charge in [0.25, 0.3) is 0 Å². The lowest BCUT2D eigenvalue weighted by Crippen LogP contribution is -1.93. The number of rotatable bonds is 6. The average molecular weight is 407 g/mol. The van der Waals surface area contributed by atoms with Gasteiger partial charge in [-0.05, 0) is 71.8 Å². The van der Waals surface area contributed by atoms with Crippen molar-refractivity contribution in [2.45, 2.75) is 0 Å². The van der Waals surface area contributed by atoms with Crippen molar-refractivity contribution in [1.29, 1.82) is 0 Å². The van der Waals surface area contributed by atoms with E-state index in [4.69, 9.17) is 23.2 Å². The second-order valence-corrected chi connectivity index (χ2v) is 6.95. The zero-order chi connectivity index (χ0) is 19.9. The van der Waals surface area contributed by atoms with E-state index in [9.17, 15) is 9.59 Å². The van der Waals surface area contributed by atoms with Crippen molar-refractivity contribution in [1.82, 2.24) is 0 Å². The first-order valence-corrected chi connectivity index (χ1v) is 9.33. The summed E-state index contributed by atoms with van der Waals surface area (Å²) in [5, 5.41) is 1.19. The van der Waals surface area contributed by atoms with Gasteiger partial charge in [-0.2, -0.15) is 0 Å². The number of carbonyl (C=O) groups is 2. The topological polar surface area (TPSA) is 34.1 Å². The van der Waals surface area contributed by atoms with Crippen molar-refractivity contribution >= 4 is 46.9 Å². The Morgan fingerprint density at radius 2 is 0.857 bits per heavy atom. The van der Waals surface area contributed by atoms with E-state index < -0.39 is 0 Å². The predicted octanol–water partition coefficient (Wildman–Crippen LogP) is 6.79. The van der Waals surface area contributed by atoms with Crippen LogP contribution in [0.4, 0.5) is 0 Å². The van der Waals surface area contributed by atoms with Gasteiger partial charge < -0.3 is 0 Å². The van der Waals surface area contributed by atoms with Gasteiger partial charge in [-0.1, -0.05) is 59.6 Å². The molecule has 2 nitrogen and oxygen atoms in total. The van der Waals surface area contributed by atoms with Gasteiger partial charge in [-0.15, -0.1) is 0 Å². The Morgan fingerprint density at radius 1 is 0.536 bits per heavy atom. The fraction of sp³-hybridized carbons (Fsp3) is 0. The molecular weight excluding hydrogens is 391 g/mol. The zero-order valence-corrected chi connectivity index (χ0v) is 16.3. The molecule has 0 saturated carbocycles. The van der Waals surface area contributed by atoms with Crippen LogP contribution in [0, 0.1) is 0 Å². The maximum atomic E-state index is 12.1. The summed E-state index contributed by atoms with van der Waals surface area (Å²) < 4.78 is 0. The molecule has 0 saturated heterocycles. The second-order valence-electron chi connectivity index (χ2n) is 6.08. The van der Waals surface area contributed by atoms with Gasteiger partial charge >= 0.3 is 0 Å². The average Bonchev–Trinajstić information content (AvgIpc) is 2.72. The van der Waals surface area contributed by atoms with Gasteiger partial charge in [0.05, 0.1) is 0 Å². The summed E-state index contributed by atoms with van der Waals surface area (Å²) in [6, 6.07) is 21.1. The van der Waals surface area contributed by atoms with Crippen LogP contribution in [0.2, 0.25) is 10.0 Å². The number of halogens is 2. The molecule has 0 atom stereocenters. The van der Waals surface area contributed by atoms with Crippen LogP contribution in [0.3, 0.4) is 0 Å². The number of ketones is 2. The van der Waals surface area contributed by atoms with E-state index in [1.54, 1.807) is 60.7 Å². The highest BCUT2D eigenvalue weighted by Gasteiger charge is 2.02. The number of carbonyl (C=O) groups excluding carboxylic acids is 2. The van der Waals surface area contributed by atoms with E-state index in [2.05, 4.69) is 0 Å². The molecule has 0 N–H and O–H groups in total. The van der Waals surface area contributed by atoms with Crippen LogP contribution in [-0.4, -0.2) is 11.6 Å². The van der Waals surface area contributed by atoms with Crippen molar-refractivity contribution in [3.63, 3.8) is 0 Å². The van der Waals surface area contributed by atoms with Gasteiger partial charge in [0.2, 0.25) is 0 Å². The molecule has 138 valence electrons. The largest absolute Gasteiger partial charge is 0.289 e. The second kappa shape index (κ2) is 9.32. The van der Waals surface area contributed by atoms with Gasteiger partial charge in [0.15, 0.2) is 11.6 Å². The van der Waals surface area contributed by atoms with Crippen LogP contribution >= 0.6 is 23.2 Å². The Kier molecular flexibility index (Phi) is 6.59. The van der Waals surface area contributed by atoms with Crippen LogP contribution in [0.15, 0.2) is 84.9 Å². The summed E-state index contributed by atoms with van der Waals surface area (Å²) in [4.78, 5) is 24.3. The van der Waals surface area contributed by atoms with Crippen molar-refractivity contribution in [2.24, 2.45) is 0 Å². The first-order chi connectivity index (χ1) is 13.5. The third kappa shape index (κ3) is 5.53. The molecule has 3 rings (SSSR count). The molecule has 0 fully saturated rings. The molecule has 0 amide bonds. The van der Waals surface area contributed by atoms with Gasteiger partial charge in [-0.25, -0.2) is 0 Å². The molecule has 0 aromatic heterocycles. The van der Waals surface area contributed by atoms with Gasteiger partial charge in [0.1, 0.15) is 0 Å². The molecule has 0 heterocycles. The Labute approximate surface area is 173 Å². The fourth-order valence-electron chi connectivity index (χ4n) is 2.48. The summed E-state index contributed by atoms with van der Waals surface area (Å²) in [6.45, 7) is 0. The number of hydrogen-bond acceptors (Lipinski definition) is 2. The maximum Gasteiger partial charge on any atom is 0.185 e. The van der Waals surface area contributed by atoms with E-state index in [1.807, 2.05) is 24.3 Å². The van der Waals surface area contributed by atoms with E-state index in [0.29, 0.717) is 21.2 Å². The number of allylic oxidation sites excluding steroid dienone is 2. The monoisotopic (exact) mass is 406 g/mol. The highest BCUT2D eigenvalue weighted by Crippen LogP contribution is 2.14. The van der Waals surface area contributed by atoms with Crippen molar-refractivity contribution < 1.29 is 9.59 Å². The zero-order valence-electron chi connectivity index (χ0n) is 14.8. The van der Waals surface area contributed by atoms with Crippen LogP contribution in [-0.2, 0) is 0 Å². The van der Waals surface area contributed by atoms with Crippen molar-refractivity contribution in [3.05, 3.63) is 117 Å². The van der Waals surface area contributed by atoms with Crippen molar-refractivity contribution in [2.75, 3.05) is 0 Å². The Balaban J connectivity index is 1.62. The Bertz CT molecular complexity index is 943.